The number of halogens is 1. The maximum atomic E-state index is 10.4. The Hall–Kier alpha value is -1.06. The molecule has 3 saturated carbocycles. The van der Waals surface area contributed by atoms with Gasteiger partial charge in [0.15, 0.2) is 0 Å². The second kappa shape index (κ2) is 4.47. The number of aromatic nitrogens is 2. The summed E-state index contributed by atoms with van der Waals surface area (Å²) in [4.78, 5) is 0. The lowest BCUT2D eigenvalue weighted by Crippen LogP contribution is -2.47. The summed E-state index contributed by atoms with van der Waals surface area (Å²) < 4.78 is 0. The molecule has 3 nitrogen and oxygen atoms in total. The number of rotatable bonds is 2. The Morgan fingerprint density at radius 2 is 1.86 bits per heavy atom. The first-order chi connectivity index (χ1) is 10.0. The number of hydrogen-bond acceptors (Lipinski definition) is 2. The summed E-state index contributed by atoms with van der Waals surface area (Å²) in [5, 5.41) is 19.6. The van der Waals surface area contributed by atoms with Crippen molar-refractivity contribution in [1.29, 1.82) is 0 Å². The topological polar surface area (TPSA) is 48.9 Å². The van der Waals surface area contributed by atoms with Crippen LogP contribution in [0.5, 0.6) is 0 Å². The van der Waals surface area contributed by atoms with Gasteiger partial charge in [0.2, 0.25) is 0 Å². The number of nitrogens with one attached hydrogen (secondary N) is 1. The zero-order valence-electron chi connectivity index (χ0n) is 12.3. The molecule has 0 spiro atoms. The van der Waals surface area contributed by atoms with E-state index in [2.05, 4.69) is 23.2 Å². The minimum Gasteiger partial charge on any atom is -0.390 e. The molecule has 21 heavy (non-hydrogen) atoms. The van der Waals surface area contributed by atoms with Crippen LogP contribution in [0.25, 0.3) is 10.9 Å². The van der Waals surface area contributed by atoms with Crippen LogP contribution in [0.1, 0.15) is 56.9 Å². The summed E-state index contributed by atoms with van der Waals surface area (Å²) in [5.74, 6) is 0.434. The predicted molar refractivity (Wildman–Crippen MR) is 84.6 cm³/mol. The lowest BCUT2D eigenvalue weighted by Gasteiger charge is -2.54. The smallest absolute Gasteiger partial charge is 0.0686 e. The van der Waals surface area contributed by atoms with Gasteiger partial charge >= 0.3 is 0 Å². The van der Waals surface area contributed by atoms with Crippen molar-refractivity contribution in [2.45, 2.75) is 57.0 Å². The molecule has 5 rings (SSSR count). The molecular formula is C17H21ClN2O. The van der Waals surface area contributed by atoms with Crippen molar-refractivity contribution in [3.05, 3.63) is 28.9 Å². The summed E-state index contributed by atoms with van der Waals surface area (Å²) in [6.07, 6.45) is 8.04. The second-order valence-electron chi connectivity index (χ2n) is 7.14. The number of nitrogens with zero attached hydrogens (tertiary/aromatic N) is 1. The standard InChI is InChI=1S/C17H21ClN2O/c1-11(16-2-5-17(21,6-3-16)7-4-16)14-9-13(18)8-12-10-19-20-15(12)14/h8-11,21H,2-7H2,1H3,(H,19,20). The first-order valence-corrected chi connectivity index (χ1v) is 8.24. The fourth-order valence-electron chi connectivity index (χ4n) is 4.56. The van der Waals surface area contributed by atoms with Gasteiger partial charge in [0.1, 0.15) is 0 Å². The summed E-state index contributed by atoms with van der Waals surface area (Å²) in [5.41, 5.74) is 2.33. The van der Waals surface area contributed by atoms with Crippen molar-refractivity contribution in [1.82, 2.24) is 10.2 Å². The molecule has 4 heteroatoms. The maximum Gasteiger partial charge on any atom is 0.0686 e. The Morgan fingerprint density at radius 1 is 1.19 bits per heavy atom. The third-order valence-electron chi connectivity index (χ3n) is 6.19. The van der Waals surface area contributed by atoms with Crippen LogP contribution in [0.2, 0.25) is 5.02 Å². The van der Waals surface area contributed by atoms with Crippen molar-refractivity contribution in [3.63, 3.8) is 0 Å². The van der Waals surface area contributed by atoms with Gasteiger partial charge in [-0.05, 0) is 67.6 Å². The molecule has 112 valence electrons. The lowest BCUT2D eigenvalue weighted by molar-refractivity contribution is -0.0989. The van der Waals surface area contributed by atoms with E-state index >= 15 is 0 Å². The summed E-state index contributed by atoms with van der Waals surface area (Å²) in [6, 6.07) is 4.06. The highest BCUT2D eigenvalue weighted by Crippen LogP contribution is 2.59. The first-order valence-electron chi connectivity index (χ1n) is 7.86. The van der Waals surface area contributed by atoms with Gasteiger partial charge in [-0.2, -0.15) is 5.10 Å². The Kier molecular flexibility index (Phi) is 2.89. The number of fused-ring (bicyclic) bond motifs is 4. The monoisotopic (exact) mass is 304 g/mol. The van der Waals surface area contributed by atoms with Gasteiger partial charge in [-0.25, -0.2) is 0 Å². The molecule has 0 amide bonds. The van der Waals surface area contributed by atoms with Gasteiger partial charge in [-0.1, -0.05) is 18.5 Å². The van der Waals surface area contributed by atoms with E-state index in [1.807, 2.05) is 12.3 Å². The van der Waals surface area contributed by atoms with Gasteiger partial charge in [-0.3, -0.25) is 5.10 Å². The minimum atomic E-state index is -0.376. The molecule has 3 fully saturated rings. The van der Waals surface area contributed by atoms with E-state index in [9.17, 15) is 5.11 Å². The van der Waals surface area contributed by atoms with Crippen LogP contribution >= 0.6 is 11.6 Å². The minimum absolute atomic E-state index is 0.313. The van der Waals surface area contributed by atoms with Crippen molar-refractivity contribution in [3.8, 4) is 0 Å². The van der Waals surface area contributed by atoms with Gasteiger partial charge in [-0.15, -0.1) is 0 Å². The molecule has 1 aromatic carbocycles. The first kappa shape index (κ1) is 13.6. The van der Waals surface area contributed by atoms with Crippen molar-refractivity contribution in [2.75, 3.05) is 0 Å². The molecule has 1 atom stereocenters. The van der Waals surface area contributed by atoms with Crippen molar-refractivity contribution >= 4 is 22.5 Å². The fourth-order valence-corrected chi connectivity index (χ4v) is 4.80. The van der Waals surface area contributed by atoms with E-state index in [0.29, 0.717) is 11.3 Å². The molecule has 1 aromatic heterocycles. The molecule has 2 aromatic rings. The molecule has 1 unspecified atom stereocenters. The van der Waals surface area contributed by atoms with Crippen LogP contribution in [-0.4, -0.2) is 20.9 Å². The van der Waals surface area contributed by atoms with E-state index in [1.165, 1.54) is 5.56 Å². The summed E-state index contributed by atoms with van der Waals surface area (Å²) in [7, 11) is 0. The third-order valence-corrected chi connectivity index (χ3v) is 6.41. The van der Waals surface area contributed by atoms with Crippen LogP contribution in [-0.2, 0) is 0 Å². The summed E-state index contributed by atoms with van der Waals surface area (Å²) in [6.45, 7) is 2.32. The molecule has 3 aliphatic carbocycles. The summed E-state index contributed by atoms with van der Waals surface area (Å²) >= 11 is 6.30. The average molecular weight is 305 g/mol. The van der Waals surface area contributed by atoms with Gasteiger partial charge in [0.05, 0.1) is 17.3 Å². The molecule has 0 saturated heterocycles. The molecule has 0 aliphatic heterocycles. The maximum absolute atomic E-state index is 10.4. The van der Waals surface area contributed by atoms with Crippen LogP contribution in [0.15, 0.2) is 18.3 Å². The Balaban J connectivity index is 1.77. The van der Waals surface area contributed by atoms with Crippen molar-refractivity contribution in [2.24, 2.45) is 5.41 Å². The van der Waals surface area contributed by atoms with Crippen LogP contribution < -0.4 is 0 Å². The molecule has 2 N–H and O–H groups in total. The highest BCUT2D eigenvalue weighted by molar-refractivity contribution is 6.31. The molecule has 2 bridgehead atoms. The zero-order chi connectivity index (χ0) is 14.7. The predicted octanol–water partition coefficient (Wildman–Crippen LogP) is 4.41. The van der Waals surface area contributed by atoms with Gasteiger partial charge < -0.3 is 5.11 Å². The van der Waals surface area contributed by atoms with E-state index < -0.39 is 0 Å². The second-order valence-corrected chi connectivity index (χ2v) is 7.57. The number of aromatic amines is 1. The van der Waals surface area contributed by atoms with E-state index in [0.717, 1.165) is 54.5 Å². The van der Waals surface area contributed by atoms with Gasteiger partial charge in [0, 0.05) is 10.4 Å². The fraction of sp³-hybridized carbons (Fsp3) is 0.588. The number of hydrogen-bond donors (Lipinski definition) is 2. The molecular weight excluding hydrogens is 284 g/mol. The highest BCUT2D eigenvalue weighted by Gasteiger charge is 2.50. The average Bonchev–Trinajstić information content (AvgIpc) is 2.95. The third kappa shape index (κ3) is 2.01. The van der Waals surface area contributed by atoms with E-state index in [4.69, 9.17) is 11.6 Å². The molecule has 3 aliphatic rings. The van der Waals surface area contributed by atoms with Crippen molar-refractivity contribution < 1.29 is 5.11 Å². The number of aliphatic hydroxyl groups is 1. The van der Waals surface area contributed by atoms with E-state index in [-0.39, 0.29) is 5.60 Å². The Bertz CT molecular complexity index is 669. The molecule has 0 radical (unpaired) electrons. The Morgan fingerprint density at radius 3 is 2.52 bits per heavy atom. The number of H-pyrrole nitrogens is 1. The highest BCUT2D eigenvalue weighted by atomic mass is 35.5. The molecule has 1 heterocycles. The van der Waals surface area contributed by atoms with E-state index in [1.54, 1.807) is 0 Å². The SMILES string of the molecule is CC(c1cc(Cl)cc2cn[nH]c12)C12CCC(O)(CC1)CC2. The Labute approximate surface area is 129 Å². The normalized spacial score (nSPS) is 33.5. The quantitative estimate of drug-likeness (QED) is 0.863. The lowest BCUT2D eigenvalue weighted by atomic mass is 9.53. The number of benzene rings is 1. The van der Waals surface area contributed by atoms with Gasteiger partial charge in [0.25, 0.3) is 0 Å². The zero-order valence-corrected chi connectivity index (χ0v) is 13.1. The van der Waals surface area contributed by atoms with Crippen LogP contribution in [0.3, 0.4) is 0 Å². The van der Waals surface area contributed by atoms with Crippen LogP contribution in [0.4, 0.5) is 0 Å². The van der Waals surface area contributed by atoms with Crippen LogP contribution in [0, 0.1) is 5.41 Å². The largest absolute Gasteiger partial charge is 0.390 e.